The monoisotopic (exact) mass is 370 g/mol. The van der Waals surface area contributed by atoms with Crippen LogP contribution in [0, 0.1) is 17.8 Å². The third-order valence-corrected chi connectivity index (χ3v) is 6.00. The van der Waals surface area contributed by atoms with E-state index in [1.54, 1.807) is 12.1 Å². The average Bonchev–Trinajstić information content (AvgIpc) is 3.21. The summed E-state index contributed by atoms with van der Waals surface area (Å²) in [6.07, 6.45) is 5.75. The largest absolute Gasteiger partial charge is 0.462 e. The van der Waals surface area contributed by atoms with E-state index in [1.165, 1.54) is 19.3 Å². The number of hydrogen-bond acceptors (Lipinski definition) is 3. The zero-order valence-corrected chi connectivity index (χ0v) is 15.5. The molecule has 2 aliphatic carbocycles. The maximum atomic E-state index is 12.3. The quantitative estimate of drug-likeness (QED) is 0.639. The maximum absolute atomic E-state index is 12.3. The molecular formula is C19H24Cl2O3. The van der Waals surface area contributed by atoms with Crippen molar-refractivity contribution in [2.45, 2.75) is 51.7 Å². The van der Waals surface area contributed by atoms with E-state index in [9.17, 15) is 4.79 Å². The van der Waals surface area contributed by atoms with E-state index in [-0.39, 0.29) is 23.9 Å². The highest BCUT2D eigenvalue weighted by atomic mass is 35.5. The van der Waals surface area contributed by atoms with E-state index < -0.39 is 0 Å². The first-order chi connectivity index (χ1) is 11.6. The molecule has 0 spiro atoms. The molecule has 0 N–H and O–H groups in total. The zero-order valence-electron chi connectivity index (χ0n) is 14.0. The lowest BCUT2D eigenvalue weighted by Crippen LogP contribution is -2.22. The summed E-state index contributed by atoms with van der Waals surface area (Å²) < 4.78 is 11.5. The van der Waals surface area contributed by atoms with Gasteiger partial charge in [0.1, 0.15) is 6.10 Å². The second kappa shape index (κ2) is 8.07. The van der Waals surface area contributed by atoms with Crippen LogP contribution < -0.4 is 0 Å². The van der Waals surface area contributed by atoms with Crippen molar-refractivity contribution in [3.05, 3.63) is 33.8 Å². The molecule has 0 radical (unpaired) electrons. The first-order valence-corrected chi connectivity index (χ1v) is 9.54. The molecule has 1 aromatic rings. The summed E-state index contributed by atoms with van der Waals surface area (Å²) in [5, 5.41) is 1.22. The van der Waals surface area contributed by atoms with Crippen molar-refractivity contribution in [2.75, 3.05) is 6.61 Å². The van der Waals surface area contributed by atoms with E-state index in [0.717, 1.165) is 18.4 Å². The number of esters is 1. The van der Waals surface area contributed by atoms with Crippen molar-refractivity contribution >= 4 is 29.2 Å². The second-order valence-electron chi connectivity index (χ2n) is 6.96. The van der Waals surface area contributed by atoms with E-state index in [2.05, 4.69) is 6.92 Å². The standard InChI is InChI=1S/C19H24Cl2O3/c1-12-14(10-23-11-15-16(20)8-5-9-17(15)21)18(12)19(22)24-13-6-3-2-4-7-13/h5,8-9,12-14,18H,2-4,6-7,10-11H2,1H3. The van der Waals surface area contributed by atoms with Gasteiger partial charge < -0.3 is 9.47 Å². The Balaban J connectivity index is 1.44. The highest BCUT2D eigenvalue weighted by Gasteiger charge is 2.53. The molecule has 2 saturated carbocycles. The van der Waals surface area contributed by atoms with Gasteiger partial charge in [0.2, 0.25) is 0 Å². The van der Waals surface area contributed by atoms with Crippen LogP contribution in [0.4, 0.5) is 0 Å². The maximum Gasteiger partial charge on any atom is 0.309 e. The van der Waals surface area contributed by atoms with Crippen LogP contribution >= 0.6 is 23.2 Å². The normalized spacial score (nSPS) is 27.0. The van der Waals surface area contributed by atoms with Gasteiger partial charge >= 0.3 is 5.97 Å². The van der Waals surface area contributed by atoms with Gasteiger partial charge in [-0.2, -0.15) is 0 Å². The third kappa shape index (κ3) is 4.25. The number of benzene rings is 1. The number of carbonyl (C=O) groups is 1. The van der Waals surface area contributed by atoms with Gasteiger partial charge in [-0.3, -0.25) is 4.79 Å². The van der Waals surface area contributed by atoms with Crippen LogP contribution in [0.3, 0.4) is 0 Å². The molecule has 3 unspecified atom stereocenters. The van der Waals surface area contributed by atoms with Crippen LogP contribution in [-0.2, 0) is 20.9 Å². The molecule has 3 atom stereocenters. The molecule has 5 heteroatoms. The molecule has 24 heavy (non-hydrogen) atoms. The number of hydrogen-bond donors (Lipinski definition) is 0. The Hall–Kier alpha value is -0.770. The molecule has 0 amide bonds. The van der Waals surface area contributed by atoms with Crippen molar-refractivity contribution in [3.8, 4) is 0 Å². The van der Waals surface area contributed by atoms with E-state index in [4.69, 9.17) is 32.7 Å². The van der Waals surface area contributed by atoms with Crippen LogP contribution in [0.25, 0.3) is 0 Å². The number of rotatable bonds is 6. The Labute approximate surface area is 153 Å². The highest BCUT2D eigenvalue weighted by molar-refractivity contribution is 6.35. The fourth-order valence-electron chi connectivity index (χ4n) is 3.58. The molecule has 0 bridgehead atoms. The number of carbonyl (C=O) groups excluding carboxylic acids is 1. The SMILES string of the molecule is CC1C(COCc2c(Cl)cccc2Cl)C1C(=O)OC1CCCCC1. The molecule has 3 rings (SSSR count). The van der Waals surface area contributed by atoms with Crippen LogP contribution in [-0.4, -0.2) is 18.7 Å². The zero-order chi connectivity index (χ0) is 17.1. The number of ether oxygens (including phenoxy) is 2. The second-order valence-corrected chi connectivity index (χ2v) is 7.78. The van der Waals surface area contributed by atoms with Gasteiger partial charge in [0.25, 0.3) is 0 Å². The van der Waals surface area contributed by atoms with Gasteiger partial charge in [-0.25, -0.2) is 0 Å². The van der Waals surface area contributed by atoms with E-state index in [1.807, 2.05) is 6.07 Å². The molecule has 1 aromatic carbocycles. The predicted molar refractivity (Wildman–Crippen MR) is 95.2 cm³/mol. The molecule has 0 saturated heterocycles. The van der Waals surface area contributed by atoms with Crippen molar-refractivity contribution in [2.24, 2.45) is 17.8 Å². The van der Waals surface area contributed by atoms with Crippen molar-refractivity contribution < 1.29 is 14.3 Å². The van der Waals surface area contributed by atoms with E-state index >= 15 is 0 Å². The lowest BCUT2D eigenvalue weighted by Gasteiger charge is -2.21. The minimum atomic E-state index is -0.0428. The fraction of sp³-hybridized carbons (Fsp3) is 0.632. The number of halogens is 2. The first kappa shape index (κ1) is 18.0. The minimum absolute atomic E-state index is 0.0198. The van der Waals surface area contributed by atoms with Crippen molar-refractivity contribution in [1.82, 2.24) is 0 Å². The Morgan fingerprint density at radius 2 is 1.83 bits per heavy atom. The van der Waals surface area contributed by atoms with Crippen LogP contribution in [0.1, 0.15) is 44.6 Å². The predicted octanol–water partition coefficient (Wildman–Crippen LogP) is 5.27. The summed E-state index contributed by atoms with van der Waals surface area (Å²) in [6, 6.07) is 5.42. The van der Waals surface area contributed by atoms with Gasteiger partial charge in [-0.05, 0) is 49.7 Å². The minimum Gasteiger partial charge on any atom is -0.462 e. The van der Waals surface area contributed by atoms with Crippen LogP contribution in [0.5, 0.6) is 0 Å². The molecule has 0 aromatic heterocycles. The molecule has 3 nitrogen and oxygen atoms in total. The van der Waals surface area contributed by atoms with Crippen LogP contribution in [0.2, 0.25) is 10.0 Å². The Bertz CT molecular complexity index is 564. The molecule has 0 aliphatic heterocycles. The summed E-state index contributed by atoms with van der Waals surface area (Å²) in [4.78, 5) is 12.3. The lowest BCUT2D eigenvalue weighted by molar-refractivity contribution is -0.153. The Kier molecular flexibility index (Phi) is 6.07. The first-order valence-electron chi connectivity index (χ1n) is 8.79. The van der Waals surface area contributed by atoms with Crippen LogP contribution in [0.15, 0.2) is 18.2 Å². The molecule has 2 aliphatic rings. The summed E-state index contributed by atoms with van der Waals surface area (Å²) in [5.41, 5.74) is 0.801. The van der Waals surface area contributed by atoms with Gasteiger partial charge in [0, 0.05) is 15.6 Å². The van der Waals surface area contributed by atoms with Gasteiger partial charge in [0.05, 0.1) is 19.1 Å². The van der Waals surface area contributed by atoms with Gasteiger partial charge in [0.15, 0.2) is 0 Å². The van der Waals surface area contributed by atoms with Gasteiger partial charge in [-0.15, -0.1) is 0 Å². The average molecular weight is 371 g/mol. The molecule has 132 valence electrons. The summed E-state index contributed by atoms with van der Waals surface area (Å²) in [5.74, 6) is 0.498. The molecule has 0 heterocycles. The summed E-state index contributed by atoms with van der Waals surface area (Å²) in [6.45, 7) is 2.99. The topological polar surface area (TPSA) is 35.5 Å². The third-order valence-electron chi connectivity index (χ3n) is 5.29. The van der Waals surface area contributed by atoms with E-state index in [0.29, 0.717) is 29.2 Å². The molecule has 2 fully saturated rings. The van der Waals surface area contributed by atoms with Crippen molar-refractivity contribution in [3.63, 3.8) is 0 Å². The highest BCUT2D eigenvalue weighted by Crippen LogP contribution is 2.47. The summed E-state index contributed by atoms with van der Waals surface area (Å²) >= 11 is 12.3. The fourth-order valence-corrected chi connectivity index (χ4v) is 4.09. The molecular weight excluding hydrogens is 347 g/mol. The Morgan fingerprint density at radius 3 is 2.50 bits per heavy atom. The Morgan fingerprint density at radius 1 is 1.17 bits per heavy atom. The van der Waals surface area contributed by atoms with Gasteiger partial charge in [-0.1, -0.05) is 42.6 Å². The van der Waals surface area contributed by atoms with Crippen molar-refractivity contribution in [1.29, 1.82) is 0 Å². The summed E-state index contributed by atoms with van der Waals surface area (Å²) in [7, 11) is 0. The lowest BCUT2D eigenvalue weighted by atomic mass is 9.98. The smallest absolute Gasteiger partial charge is 0.309 e.